The van der Waals surface area contributed by atoms with Crippen LogP contribution in [0.25, 0.3) is 10.6 Å². The molecule has 0 amide bonds. The van der Waals surface area contributed by atoms with Gasteiger partial charge in [-0.2, -0.15) is 0 Å². The summed E-state index contributed by atoms with van der Waals surface area (Å²) in [4.78, 5) is 5.82. The van der Waals surface area contributed by atoms with Gasteiger partial charge in [0.2, 0.25) is 0 Å². The maximum Gasteiger partial charge on any atom is 0.123 e. The van der Waals surface area contributed by atoms with Crippen molar-refractivity contribution in [2.45, 2.75) is 26.8 Å². The van der Waals surface area contributed by atoms with Gasteiger partial charge in [-0.3, -0.25) is 0 Å². The lowest BCUT2D eigenvalue weighted by atomic mass is 10.0. The lowest BCUT2D eigenvalue weighted by molar-refractivity contribution is 0.662. The quantitative estimate of drug-likeness (QED) is 0.893. The summed E-state index contributed by atoms with van der Waals surface area (Å²) in [6, 6.07) is 6.75. The van der Waals surface area contributed by atoms with Gasteiger partial charge in [-0.15, -0.1) is 11.3 Å². The zero-order chi connectivity index (χ0) is 12.4. The Labute approximate surface area is 107 Å². The topological polar surface area (TPSA) is 24.9 Å². The first-order valence-electron chi connectivity index (χ1n) is 5.83. The number of aromatic nitrogens is 1. The highest BCUT2D eigenvalue weighted by Gasteiger charge is 2.11. The van der Waals surface area contributed by atoms with Gasteiger partial charge in [-0.1, -0.05) is 18.2 Å². The van der Waals surface area contributed by atoms with Gasteiger partial charge in [0.05, 0.1) is 0 Å². The smallest absolute Gasteiger partial charge is 0.123 e. The summed E-state index contributed by atoms with van der Waals surface area (Å²) in [5.41, 5.74) is 3.90. The van der Waals surface area contributed by atoms with E-state index in [2.05, 4.69) is 49.3 Å². The molecule has 1 aromatic carbocycles. The van der Waals surface area contributed by atoms with Crippen LogP contribution in [0.1, 0.15) is 29.0 Å². The van der Waals surface area contributed by atoms with Gasteiger partial charge in [-0.05, 0) is 38.9 Å². The van der Waals surface area contributed by atoms with Crippen molar-refractivity contribution >= 4 is 11.3 Å². The summed E-state index contributed by atoms with van der Waals surface area (Å²) in [6.45, 7) is 6.46. The molecule has 3 heteroatoms. The Hall–Kier alpha value is -1.19. The van der Waals surface area contributed by atoms with Crippen molar-refractivity contribution in [2.75, 3.05) is 7.05 Å². The van der Waals surface area contributed by atoms with E-state index in [9.17, 15) is 0 Å². The molecule has 1 N–H and O–H groups in total. The molecule has 0 saturated heterocycles. The van der Waals surface area contributed by atoms with E-state index < -0.39 is 0 Å². The number of nitrogens with one attached hydrogen (secondary N) is 1. The van der Waals surface area contributed by atoms with Crippen LogP contribution in [0.2, 0.25) is 0 Å². The van der Waals surface area contributed by atoms with Crippen molar-refractivity contribution < 1.29 is 0 Å². The first-order chi connectivity index (χ1) is 8.13. The maximum atomic E-state index is 4.54. The van der Waals surface area contributed by atoms with E-state index in [1.54, 1.807) is 11.3 Å². The first-order valence-corrected chi connectivity index (χ1v) is 6.64. The fourth-order valence-electron chi connectivity index (χ4n) is 1.74. The minimum atomic E-state index is 0.367. The lowest BCUT2D eigenvalue weighted by Gasteiger charge is -2.06. The summed E-state index contributed by atoms with van der Waals surface area (Å²) in [7, 11) is 1.97. The minimum absolute atomic E-state index is 0.367. The molecule has 90 valence electrons. The third-order valence-electron chi connectivity index (χ3n) is 3.22. The molecule has 0 fully saturated rings. The average Bonchev–Trinajstić information content (AvgIpc) is 2.81. The molecule has 1 atom stereocenters. The molecule has 2 nitrogen and oxygen atoms in total. The van der Waals surface area contributed by atoms with E-state index in [0.717, 1.165) is 5.01 Å². The number of thiazole rings is 1. The summed E-state index contributed by atoms with van der Waals surface area (Å²) in [6.07, 6.45) is 1.98. The van der Waals surface area contributed by atoms with E-state index in [1.807, 2.05) is 13.2 Å². The highest BCUT2D eigenvalue weighted by atomic mass is 32.1. The Morgan fingerprint density at radius 1 is 1.29 bits per heavy atom. The van der Waals surface area contributed by atoms with Crippen molar-refractivity contribution in [3.05, 3.63) is 40.4 Å². The molecular formula is C14H18N2S. The Morgan fingerprint density at radius 2 is 2.06 bits per heavy atom. The van der Waals surface area contributed by atoms with E-state index >= 15 is 0 Å². The molecule has 0 aliphatic carbocycles. The Balaban J connectivity index is 2.40. The van der Waals surface area contributed by atoms with Crippen LogP contribution < -0.4 is 5.32 Å². The highest BCUT2D eigenvalue weighted by Crippen LogP contribution is 2.31. The molecular weight excluding hydrogens is 228 g/mol. The molecule has 1 unspecified atom stereocenters. The third-order valence-corrected chi connectivity index (χ3v) is 4.43. The predicted octanol–water partition coefficient (Wildman–Crippen LogP) is 3.71. The van der Waals surface area contributed by atoms with Crippen LogP contribution in [0.5, 0.6) is 0 Å². The largest absolute Gasteiger partial charge is 0.312 e. The van der Waals surface area contributed by atoms with Crippen LogP contribution in [0.15, 0.2) is 24.4 Å². The standard InChI is InChI=1S/C14H18N2S/c1-9-6-5-7-12(10(9)2)14-16-8-13(17-14)11(3)15-4/h5-8,11,15H,1-4H3. The second kappa shape index (κ2) is 4.98. The molecule has 1 aromatic heterocycles. The van der Waals surface area contributed by atoms with E-state index in [4.69, 9.17) is 0 Å². The number of benzene rings is 1. The van der Waals surface area contributed by atoms with Crippen molar-refractivity contribution in [1.82, 2.24) is 10.3 Å². The van der Waals surface area contributed by atoms with Crippen LogP contribution in [0, 0.1) is 13.8 Å². The number of rotatable bonds is 3. The van der Waals surface area contributed by atoms with Gasteiger partial charge >= 0.3 is 0 Å². The number of hydrogen-bond acceptors (Lipinski definition) is 3. The molecule has 1 heterocycles. The SMILES string of the molecule is CNC(C)c1cnc(-c2cccc(C)c2C)s1. The summed E-state index contributed by atoms with van der Waals surface area (Å²) in [5, 5.41) is 4.36. The fraction of sp³-hybridized carbons (Fsp3) is 0.357. The van der Waals surface area contributed by atoms with Crippen molar-refractivity contribution in [2.24, 2.45) is 0 Å². The molecule has 2 aromatic rings. The van der Waals surface area contributed by atoms with E-state index in [1.165, 1.54) is 21.6 Å². The van der Waals surface area contributed by atoms with Crippen molar-refractivity contribution in [3.8, 4) is 10.6 Å². The molecule has 0 spiro atoms. The van der Waals surface area contributed by atoms with Crippen molar-refractivity contribution in [1.29, 1.82) is 0 Å². The van der Waals surface area contributed by atoms with Gasteiger partial charge < -0.3 is 5.32 Å². The van der Waals surface area contributed by atoms with Gasteiger partial charge in [0, 0.05) is 22.7 Å². The molecule has 0 radical (unpaired) electrons. The third kappa shape index (κ3) is 2.40. The monoisotopic (exact) mass is 246 g/mol. The Bertz CT molecular complexity index is 517. The fourth-order valence-corrected chi connectivity index (χ4v) is 2.80. The molecule has 0 bridgehead atoms. The highest BCUT2D eigenvalue weighted by molar-refractivity contribution is 7.15. The second-order valence-electron chi connectivity index (χ2n) is 4.33. The number of hydrogen-bond donors (Lipinski definition) is 1. The van der Waals surface area contributed by atoms with Crippen LogP contribution in [-0.2, 0) is 0 Å². The zero-order valence-electron chi connectivity index (χ0n) is 10.7. The Kier molecular flexibility index (Phi) is 3.60. The minimum Gasteiger partial charge on any atom is -0.312 e. The Morgan fingerprint density at radius 3 is 2.76 bits per heavy atom. The summed E-state index contributed by atoms with van der Waals surface area (Å²) in [5.74, 6) is 0. The molecule has 0 saturated carbocycles. The maximum absolute atomic E-state index is 4.54. The normalized spacial score (nSPS) is 12.7. The molecule has 2 rings (SSSR count). The molecule has 0 aliphatic heterocycles. The van der Waals surface area contributed by atoms with Crippen molar-refractivity contribution in [3.63, 3.8) is 0 Å². The predicted molar refractivity (Wildman–Crippen MR) is 74.5 cm³/mol. The first kappa shape index (κ1) is 12.3. The molecule has 17 heavy (non-hydrogen) atoms. The number of nitrogens with zero attached hydrogens (tertiary/aromatic N) is 1. The summed E-state index contributed by atoms with van der Waals surface area (Å²) >= 11 is 1.77. The lowest BCUT2D eigenvalue weighted by Crippen LogP contribution is -2.10. The average molecular weight is 246 g/mol. The van der Waals surface area contributed by atoms with Crippen LogP contribution in [-0.4, -0.2) is 12.0 Å². The van der Waals surface area contributed by atoms with Gasteiger partial charge in [0.15, 0.2) is 0 Å². The van der Waals surface area contributed by atoms with Crippen LogP contribution in [0.3, 0.4) is 0 Å². The van der Waals surface area contributed by atoms with E-state index in [-0.39, 0.29) is 0 Å². The van der Waals surface area contributed by atoms with Crippen LogP contribution in [0.4, 0.5) is 0 Å². The number of aryl methyl sites for hydroxylation is 1. The van der Waals surface area contributed by atoms with Gasteiger partial charge in [-0.25, -0.2) is 4.98 Å². The zero-order valence-corrected chi connectivity index (χ0v) is 11.6. The molecule has 0 aliphatic rings. The van der Waals surface area contributed by atoms with Crippen LogP contribution >= 0.6 is 11.3 Å². The summed E-state index contributed by atoms with van der Waals surface area (Å²) < 4.78 is 0. The van der Waals surface area contributed by atoms with Gasteiger partial charge in [0.1, 0.15) is 5.01 Å². The van der Waals surface area contributed by atoms with E-state index in [0.29, 0.717) is 6.04 Å². The van der Waals surface area contributed by atoms with Gasteiger partial charge in [0.25, 0.3) is 0 Å². The second-order valence-corrected chi connectivity index (χ2v) is 5.39.